The van der Waals surface area contributed by atoms with Crippen molar-refractivity contribution in [1.29, 1.82) is 0 Å². The molecule has 2 rings (SSSR count). The normalized spacial score (nSPS) is 21.7. The van der Waals surface area contributed by atoms with Crippen molar-refractivity contribution < 1.29 is 13.2 Å². The van der Waals surface area contributed by atoms with Crippen LogP contribution in [0, 0.1) is 0 Å². The molecule has 1 aromatic rings. The molecular formula is C9H11ClF3N3. The summed E-state index contributed by atoms with van der Waals surface area (Å²) in [6, 6.07) is -0.124. The topological polar surface area (TPSA) is 29.9 Å². The van der Waals surface area contributed by atoms with Crippen LogP contribution in [0.1, 0.15) is 30.3 Å². The summed E-state index contributed by atoms with van der Waals surface area (Å²) in [4.78, 5) is 0. The van der Waals surface area contributed by atoms with Crippen LogP contribution in [0.5, 0.6) is 0 Å². The highest BCUT2D eigenvalue weighted by atomic mass is 35.5. The molecule has 0 aromatic carbocycles. The van der Waals surface area contributed by atoms with Crippen LogP contribution in [0.25, 0.3) is 0 Å². The van der Waals surface area contributed by atoms with Gasteiger partial charge in [-0.3, -0.25) is 4.68 Å². The maximum Gasteiger partial charge on any atom is 0.436 e. The van der Waals surface area contributed by atoms with Crippen molar-refractivity contribution in [3.05, 3.63) is 16.4 Å². The van der Waals surface area contributed by atoms with E-state index >= 15 is 0 Å². The fourth-order valence-corrected chi connectivity index (χ4v) is 2.39. The third-order valence-electron chi connectivity index (χ3n) is 2.69. The maximum absolute atomic E-state index is 12.5. The number of hydrogen-bond donors (Lipinski definition) is 1. The molecular weight excluding hydrogens is 243 g/mol. The molecule has 2 heterocycles. The lowest BCUT2D eigenvalue weighted by molar-refractivity contribution is -0.141. The van der Waals surface area contributed by atoms with Gasteiger partial charge in [-0.1, -0.05) is 11.6 Å². The smallest absolute Gasteiger partial charge is 0.309 e. The van der Waals surface area contributed by atoms with Gasteiger partial charge in [-0.15, -0.1) is 0 Å². The van der Waals surface area contributed by atoms with E-state index in [4.69, 9.17) is 11.6 Å². The number of alkyl halides is 3. The summed E-state index contributed by atoms with van der Waals surface area (Å²) in [6.07, 6.45) is -2.77. The standard InChI is InChI=1S/C9H11ClF3N3/c1-16-7(5-3-2-4-14-5)6(10)8(15-16)9(11,12)13/h5,14H,2-4H2,1H3. The van der Waals surface area contributed by atoms with Crippen LogP contribution in [0.15, 0.2) is 0 Å². The van der Waals surface area contributed by atoms with Crippen molar-refractivity contribution in [3.63, 3.8) is 0 Å². The van der Waals surface area contributed by atoms with E-state index in [1.54, 1.807) is 0 Å². The molecule has 1 N–H and O–H groups in total. The number of aryl methyl sites for hydroxylation is 1. The number of nitrogens with one attached hydrogen (secondary N) is 1. The molecule has 1 fully saturated rings. The van der Waals surface area contributed by atoms with Gasteiger partial charge < -0.3 is 5.32 Å². The lowest BCUT2D eigenvalue weighted by Gasteiger charge is -2.10. The summed E-state index contributed by atoms with van der Waals surface area (Å²) in [5.41, 5.74) is -0.577. The lowest BCUT2D eigenvalue weighted by atomic mass is 10.1. The van der Waals surface area contributed by atoms with Crippen molar-refractivity contribution in [2.75, 3.05) is 6.54 Å². The van der Waals surface area contributed by atoms with Crippen LogP contribution in [-0.4, -0.2) is 16.3 Å². The van der Waals surface area contributed by atoms with Gasteiger partial charge in [0.05, 0.1) is 16.8 Å². The molecule has 1 unspecified atom stereocenters. The zero-order chi connectivity index (χ0) is 11.9. The van der Waals surface area contributed by atoms with E-state index in [0.717, 1.165) is 19.4 Å². The number of halogens is 4. The van der Waals surface area contributed by atoms with E-state index in [2.05, 4.69) is 10.4 Å². The first-order valence-corrected chi connectivity index (χ1v) is 5.32. The predicted molar refractivity (Wildman–Crippen MR) is 53.2 cm³/mol. The second kappa shape index (κ2) is 3.92. The zero-order valence-electron chi connectivity index (χ0n) is 8.60. The summed E-state index contributed by atoms with van der Waals surface area (Å²) in [6.45, 7) is 0.799. The summed E-state index contributed by atoms with van der Waals surface area (Å²) >= 11 is 5.75. The molecule has 0 spiro atoms. The fraction of sp³-hybridized carbons (Fsp3) is 0.667. The first-order valence-electron chi connectivity index (χ1n) is 4.94. The first-order chi connectivity index (χ1) is 7.41. The molecule has 0 radical (unpaired) electrons. The monoisotopic (exact) mass is 253 g/mol. The SMILES string of the molecule is Cn1nc(C(F)(F)F)c(Cl)c1C1CCCN1. The second-order valence-electron chi connectivity index (χ2n) is 3.82. The van der Waals surface area contributed by atoms with E-state index < -0.39 is 11.9 Å². The van der Waals surface area contributed by atoms with Gasteiger partial charge in [0, 0.05) is 7.05 Å². The van der Waals surface area contributed by atoms with Crippen molar-refractivity contribution >= 4 is 11.6 Å². The Labute approximate surface area is 95.6 Å². The van der Waals surface area contributed by atoms with E-state index in [9.17, 15) is 13.2 Å². The van der Waals surface area contributed by atoms with Gasteiger partial charge in [0.1, 0.15) is 0 Å². The van der Waals surface area contributed by atoms with Crippen LogP contribution < -0.4 is 5.32 Å². The Morgan fingerprint density at radius 3 is 2.62 bits per heavy atom. The highest BCUT2D eigenvalue weighted by molar-refractivity contribution is 6.32. The van der Waals surface area contributed by atoms with Crippen molar-refractivity contribution in [2.24, 2.45) is 7.05 Å². The van der Waals surface area contributed by atoms with Crippen molar-refractivity contribution in [2.45, 2.75) is 25.1 Å². The third kappa shape index (κ3) is 1.91. The van der Waals surface area contributed by atoms with Gasteiger partial charge in [-0.05, 0) is 19.4 Å². The minimum Gasteiger partial charge on any atom is -0.309 e. The highest BCUT2D eigenvalue weighted by Crippen LogP contribution is 2.38. The van der Waals surface area contributed by atoms with E-state index in [1.807, 2.05) is 0 Å². The maximum atomic E-state index is 12.5. The molecule has 0 bridgehead atoms. The molecule has 1 saturated heterocycles. The molecule has 90 valence electrons. The van der Waals surface area contributed by atoms with Gasteiger partial charge in [0.15, 0.2) is 5.69 Å². The number of rotatable bonds is 1. The van der Waals surface area contributed by atoms with Gasteiger partial charge in [0.2, 0.25) is 0 Å². The molecule has 1 atom stereocenters. The van der Waals surface area contributed by atoms with E-state index in [-0.39, 0.29) is 11.1 Å². The van der Waals surface area contributed by atoms with Crippen LogP contribution >= 0.6 is 11.6 Å². The third-order valence-corrected chi connectivity index (χ3v) is 3.06. The molecule has 0 saturated carbocycles. The zero-order valence-corrected chi connectivity index (χ0v) is 9.36. The first kappa shape index (κ1) is 11.7. The second-order valence-corrected chi connectivity index (χ2v) is 4.20. The Kier molecular flexibility index (Phi) is 2.88. The summed E-state index contributed by atoms with van der Waals surface area (Å²) in [7, 11) is 1.48. The molecule has 1 aliphatic rings. The lowest BCUT2D eigenvalue weighted by Crippen LogP contribution is -2.16. The van der Waals surface area contributed by atoms with Gasteiger partial charge in [-0.2, -0.15) is 18.3 Å². The molecule has 3 nitrogen and oxygen atoms in total. The van der Waals surface area contributed by atoms with Gasteiger partial charge in [-0.25, -0.2) is 0 Å². The quantitative estimate of drug-likeness (QED) is 0.834. The summed E-state index contributed by atoms with van der Waals surface area (Å²) in [5, 5.41) is 6.27. The Morgan fingerprint density at radius 2 is 2.19 bits per heavy atom. The fourth-order valence-electron chi connectivity index (χ4n) is 1.99. The molecule has 0 amide bonds. The van der Waals surface area contributed by atoms with Crippen molar-refractivity contribution in [3.8, 4) is 0 Å². The molecule has 16 heavy (non-hydrogen) atoms. The summed E-state index contributed by atoms with van der Waals surface area (Å²) < 4.78 is 38.9. The Balaban J connectivity index is 2.42. The van der Waals surface area contributed by atoms with Crippen LogP contribution in [0.4, 0.5) is 13.2 Å². The summed E-state index contributed by atoms with van der Waals surface area (Å²) in [5.74, 6) is 0. The largest absolute Gasteiger partial charge is 0.436 e. The van der Waals surface area contributed by atoms with Crippen LogP contribution in [0.3, 0.4) is 0 Å². The molecule has 7 heteroatoms. The minimum atomic E-state index is -4.49. The molecule has 0 aliphatic carbocycles. The predicted octanol–water partition coefficient (Wildman–Crippen LogP) is 2.52. The number of hydrogen-bond acceptors (Lipinski definition) is 2. The van der Waals surface area contributed by atoms with E-state index in [0.29, 0.717) is 5.69 Å². The number of aromatic nitrogens is 2. The van der Waals surface area contributed by atoms with Gasteiger partial charge >= 0.3 is 6.18 Å². The van der Waals surface area contributed by atoms with Crippen LogP contribution in [-0.2, 0) is 13.2 Å². The van der Waals surface area contributed by atoms with Crippen molar-refractivity contribution in [1.82, 2.24) is 15.1 Å². The minimum absolute atomic E-state index is 0.124. The Bertz CT molecular complexity index is 393. The average molecular weight is 254 g/mol. The van der Waals surface area contributed by atoms with Crippen LogP contribution in [0.2, 0.25) is 5.02 Å². The average Bonchev–Trinajstić information content (AvgIpc) is 2.72. The molecule has 1 aromatic heterocycles. The van der Waals surface area contributed by atoms with Gasteiger partial charge in [0.25, 0.3) is 0 Å². The number of nitrogens with zero attached hydrogens (tertiary/aromatic N) is 2. The van der Waals surface area contributed by atoms with E-state index in [1.165, 1.54) is 11.7 Å². The highest BCUT2D eigenvalue weighted by Gasteiger charge is 2.39. The Hall–Kier alpha value is -0.750. The Morgan fingerprint density at radius 1 is 1.50 bits per heavy atom. The molecule has 1 aliphatic heterocycles.